The number of fused-ring (bicyclic) bond motifs is 2. The number of hydrogen-bond acceptors (Lipinski definition) is 11. The molecule has 51 heavy (non-hydrogen) atoms. The Labute approximate surface area is 294 Å². The van der Waals surface area contributed by atoms with Gasteiger partial charge in [0.25, 0.3) is 11.8 Å². The van der Waals surface area contributed by atoms with E-state index in [1.165, 1.54) is 14.2 Å². The van der Waals surface area contributed by atoms with Crippen molar-refractivity contribution in [2.75, 3.05) is 63.0 Å². The first-order chi connectivity index (χ1) is 24.9. The standard InChI is InChI=1S/C21H23N5O3.C16H13N3O3/c1-28-18-10-6-5-9-17(18)25-11-13-26(14-12-25)21(27)24-19-20(29-2)23-16-8-4-3-7-15(16)22-19;1-21-15-14(17-12-9-5-6-10-13(12)18-15)19-16(20)22-11-7-3-2-4-8-11/h3-10H,11-14H2,1-2H3,(H,22,24,27);2-10H,1H3,(H,17,19,20). The Morgan fingerprint density at radius 3 is 1.61 bits per heavy atom. The van der Waals surface area contributed by atoms with Gasteiger partial charge in [-0.1, -0.05) is 54.6 Å². The number of rotatable bonds is 7. The highest BCUT2D eigenvalue weighted by atomic mass is 16.6. The summed E-state index contributed by atoms with van der Waals surface area (Å²) in [5.41, 5.74) is 3.79. The Kier molecular flexibility index (Phi) is 10.8. The predicted molar refractivity (Wildman–Crippen MR) is 194 cm³/mol. The molecule has 0 bridgehead atoms. The molecule has 7 rings (SSSR count). The number of urea groups is 1. The first-order valence-corrected chi connectivity index (χ1v) is 16.0. The summed E-state index contributed by atoms with van der Waals surface area (Å²) in [4.78, 5) is 46.2. The molecule has 2 aromatic heterocycles. The molecule has 14 nitrogen and oxygen atoms in total. The average molecular weight is 689 g/mol. The number of piperazine rings is 1. The number of methoxy groups -OCH3 is 3. The topological polar surface area (TPSA) is 153 Å². The molecule has 0 unspecified atom stereocenters. The van der Waals surface area contributed by atoms with Crippen molar-refractivity contribution < 1.29 is 28.5 Å². The Hall–Kier alpha value is -6.70. The molecule has 6 aromatic rings. The van der Waals surface area contributed by atoms with Crippen LogP contribution in [0.2, 0.25) is 0 Å². The molecular formula is C37H36N8O6. The van der Waals surface area contributed by atoms with E-state index in [4.69, 9.17) is 18.9 Å². The van der Waals surface area contributed by atoms with Crippen molar-refractivity contribution in [3.63, 3.8) is 0 Å². The summed E-state index contributed by atoms with van der Waals surface area (Å²) in [7, 11) is 4.65. The predicted octanol–water partition coefficient (Wildman–Crippen LogP) is 6.25. The number of ether oxygens (including phenoxy) is 4. The summed E-state index contributed by atoms with van der Waals surface area (Å²) in [5, 5.41) is 5.39. The van der Waals surface area contributed by atoms with Gasteiger partial charge in [0.15, 0.2) is 11.6 Å². The van der Waals surface area contributed by atoms with Gasteiger partial charge in [0, 0.05) is 26.2 Å². The number of anilines is 3. The largest absolute Gasteiger partial charge is 0.495 e. The molecule has 260 valence electrons. The second-order valence-electron chi connectivity index (χ2n) is 11.0. The minimum Gasteiger partial charge on any atom is -0.495 e. The van der Waals surface area contributed by atoms with Crippen LogP contribution in [-0.4, -0.2) is 84.5 Å². The van der Waals surface area contributed by atoms with Crippen molar-refractivity contribution >= 4 is 51.5 Å². The second kappa shape index (κ2) is 16.1. The second-order valence-corrected chi connectivity index (χ2v) is 11.0. The Morgan fingerprint density at radius 1 is 0.569 bits per heavy atom. The summed E-state index contributed by atoms with van der Waals surface area (Å²) < 4.78 is 21.1. The van der Waals surface area contributed by atoms with E-state index in [0.29, 0.717) is 65.7 Å². The molecular weight excluding hydrogens is 652 g/mol. The fourth-order valence-electron chi connectivity index (χ4n) is 5.35. The lowest BCUT2D eigenvalue weighted by Crippen LogP contribution is -2.50. The average Bonchev–Trinajstić information content (AvgIpc) is 3.18. The number of amides is 3. The van der Waals surface area contributed by atoms with Gasteiger partial charge in [-0.15, -0.1) is 0 Å². The number of aromatic nitrogens is 4. The maximum absolute atomic E-state index is 12.8. The van der Waals surface area contributed by atoms with Crippen molar-refractivity contribution in [2.24, 2.45) is 0 Å². The molecule has 1 saturated heterocycles. The number of para-hydroxylation sites is 7. The van der Waals surface area contributed by atoms with E-state index >= 15 is 0 Å². The maximum atomic E-state index is 12.8. The molecule has 14 heteroatoms. The van der Waals surface area contributed by atoms with Crippen LogP contribution in [0.15, 0.2) is 103 Å². The third-order valence-electron chi connectivity index (χ3n) is 7.86. The van der Waals surface area contributed by atoms with Crippen molar-refractivity contribution in [3.8, 4) is 23.3 Å². The highest BCUT2D eigenvalue weighted by molar-refractivity contribution is 5.91. The molecule has 2 N–H and O–H groups in total. The smallest absolute Gasteiger partial charge is 0.418 e. The van der Waals surface area contributed by atoms with Gasteiger partial charge in [0.1, 0.15) is 11.5 Å². The molecule has 0 spiro atoms. The van der Waals surface area contributed by atoms with Crippen LogP contribution >= 0.6 is 0 Å². The van der Waals surface area contributed by atoms with Gasteiger partial charge >= 0.3 is 12.1 Å². The zero-order valence-electron chi connectivity index (χ0n) is 28.3. The van der Waals surface area contributed by atoms with Crippen LogP contribution in [0.3, 0.4) is 0 Å². The van der Waals surface area contributed by atoms with E-state index in [-0.39, 0.29) is 17.7 Å². The summed E-state index contributed by atoms with van der Waals surface area (Å²) in [6.45, 7) is 2.61. The molecule has 1 aliphatic heterocycles. The SMILES string of the molecule is COc1ccccc1N1CCN(C(=O)Nc2nc3ccccc3nc2OC)CC1.COc1nc2ccccc2nc1NC(=O)Oc1ccccc1. The first kappa shape index (κ1) is 34.2. The van der Waals surface area contributed by atoms with Crippen molar-refractivity contribution in [3.05, 3.63) is 103 Å². The Bertz CT molecular complexity index is 2130. The van der Waals surface area contributed by atoms with Gasteiger partial charge in [-0.3, -0.25) is 10.6 Å². The van der Waals surface area contributed by atoms with Crippen molar-refractivity contribution in [1.82, 2.24) is 24.8 Å². The van der Waals surface area contributed by atoms with Gasteiger partial charge in [-0.25, -0.2) is 29.5 Å². The highest BCUT2D eigenvalue weighted by Gasteiger charge is 2.24. The lowest BCUT2D eigenvalue weighted by molar-refractivity contribution is 0.207. The molecule has 0 atom stereocenters. The van der Waals surface area contributed by atoms with Crippen LogP contribution in [0.1, 0.15) is 0 Å². The van der Waals surface area contributed by atoms with Crippen LogP contribution < -0.4 is 34.5 Å². The van der Waals surface area contributed by atoms with Gasteiger partial charge < -0.3 is 28.7 Å². The van der Waals surface area contributed by atoms with E-state index in [1.807, 2.05) is 72.8 Å². The first-order valence-electron chi connectivity index (χ1n) is 16.0. The van der Waals surface area contributed by atoms with Crippen LogP contribution in [-0.2, 0) is 0 Å². The number of nitrogens with zero attached hydrogens (tertiary/aromatic N) is 6. The molecule has 1 aliphatic rings. The monoisotopic (exact) mass is 688 g/mol. The normalized spacial score (nSPS) is 12.4. The lowest BCUT2D eigenvalue weighted by atomic mass is 10.2. The lowest BCUT2D eigenvalue weighted by Gasteiger charge is -2.36. The molecule has 4 aromatic carbocycles. The number of hydrogen-bond donors (Lipinski definition) is 2. The van der Waals surface area contributed by atoms with E-state index in [1.54, 1.807) is 42.3 Å². The van der Waals surface area contributed by atoms with Crippen molar-refractivity contribution in [1.29, 1.82) is 0 Å². The summed E-state index contributed by atoms with van der Waals surface area (Å²) >= 11 is 0. The third-order valence-corrected chi connectivity index (χ3v) is 7.86. The molecule has 0 saturated carbocycles. The Balaban J connectivity index is 0.000000183. The molecule has 1 fully saturated rings. The minimum absolute atomic E-state index is 0.210. The number of benzene rings is 4. The van der Waals surface area contributed by atoms with Crippen molar-refractivity contribution in [2.45, 2.75) is 0 Å². The van der Waals surface area contributed by atoms with Crippen LogP contribution in [0.4, 0.5) is 26.9 Å². The molecule has 0 radical (unpaired) electrons. The fraction of sp³-hybridized carbons (Fsp3) is 0.189. The van der Waals surface area contributed by atoms with Crippen LogP contribution in [0, 0.1) is 0 Å². The van der Waals surface area contributed by atoms with Gasteiger partial charge in [0.05, 0.1) is 49.1 Å². The maximum Gasteiger partial charge on any atom is 0.418 e. The van der Waals surface area contributed by atoms with Crippen LogP contribution in [0.25, 0.3) is 22.1 Å². The van der Waals surface area contributed by atoms with Gasteiger partial charge in [-0.2, -0.15) is 0 Å². The van der Waals surface area contributed by atoms with E-state index < -0.39 is 6.09 Å². The van der Waals surface area contributed by atoms with Gasteiger partial charge in [-0.05, 0) is 48.5 Å². The number of carbonyl (C=O) groups excluding carboxylic acids is 2. The summed E-state index contributed by atoms with van der Waals surface area (Å²) in [6, 6.07) is 31.2. The third kappa shape index (κ3) is 8.31. The minimum atomic E-state index is -0.658. The summed E-state index contributed by atoms with van der Waals surface area (Å²) in [6.07, 6.45) is -0.658. The summed E-state index contributed by atoms with van der Waals surface area (Å²) in [5.74, 6) is 2.33. The zero-order chi connectivity index (χ0) is 35.6. The fourth-order valence-corrected chi connectivity index (χ4v) is 5.35. The molecule has 3 heterocycles. The van der Waals surface area contributed by atoms with Crippen LogP contribution in [0.5, 0.6) is 23.3 Å². The van der Waals surface area contributed by atoms with E-state index in [2.05, 4.69) is 35.5 Å². The quantitative estimate of drug-likeness (QED) is 0.196. The number of nitrogens with one attached hydrogen (secondary N) is 2. The Morgan fingerprint density at radius 2 is 1.06 bits per heavy atom. The highest BCUT2D eigenvalue weighted by Crippen LogP contribution is 2.29. The van der Waals surface area contributed by atoms with Gasteiger partial charge in [0.2, 0.25) is 0 Å². The van der Waals surface area contributed by atoms with E-state index in [9.17, 15) is 9.59 Å². The zero-order valence-corrected chi connectivity index (χ0v) is 28.3. The number of carbonyl (C=O) groups is 2. The molecule has 3 amide bonds. The molecule has 0 aliphatic carbocycles. The van der Waals surface area contributed by atoms with E-state index in [0.717, 1.165) is 11.4 Å².